The van der Waals surface area contributed by atoms with Crippen molar-refractivity contribution in [3.8, 4) is 0 Å². The van der Waals surface area contributed by atoms with E-state index in [1.54, 1.807) is 43.2 Å². The van der Waals surface area contributed by atoms with Crippen molar-refractivity contribution in [1.82, 2.24) is 10.3 Å². The van der Waals surface area contributed by atoms with Crippen molar-refractivity contribution in [2.24, 2.45) is 9.50 Å². The number of anilines is 1. The number of nitrogens with one attached hydrogen (secondary N) is 1. The quantitative estimate of drug-likeness (QED) is 0.403. The van der Waals surface area contributed by atoms with Crippen LogP contribution in [0.1, 0.15) is 24.0 Å². The molecule has 34 heavy (non-hydrogen) atoms. The molecule has 0 fully saturated rings. The Balaban J connectivity index is 1.72. The van der Waals surface area contributed by atoms with Crippen LogP contribution < -0.4 is 9.62 Å². The summed E-state index contributed by atoms with van der Waals surface area (Å²) in [5.41, 5.74) is 3.37. The minimum atomic E-state index is -4.01. The summed E-state index contributed by atoms with van der Waals surface area (Å²) in [5, 5.41) is 9.96. The van der Waals surface area contributed by atoms with Crippen molar-refractivity contribution < 1.29 is 8.42 Å². The lowest BCUT2D eigenvalue weighted by Crippen LogP contribution is -2.39. The summed E-state index contributed by atoms with van der Waals surface area (Å²) in [7, 11) is -2.37. The largest absolute Gasteiger partial charge is 0.357 e. The van der Waals surface area contributed by atoms with Crippen LogP contribution >= 0.6 is 11.6 Å². The van der Waals surface area contributed by atoms with Gasteiger partial charge in [-0.2, -0.15) is 13.5 Å². The highest BCUT2D eigenvalue weighted by atomic mass is 35.5. The van der Waals surface area contributed by atoms with Crippen molar-refractivity contribution in [1.29, 1.82) is 0 Å². The van der Waals surface area contributed by atoms with Crippen molar-refractivity contribution in [3.05, 3.63) is 101 Å². The lowest BCUT2D eigenvalue weighted by Gasteiger charge is -2.22. The first-order chi connectivity index (χ1) is 16.4. The molecule has 0 amide bonds. The van der Waals surface area contributed by atoms with Gasteiger partial charge in [0.1, 0.15) is 0 Å². The van der Waals surface area contributed by atoms with Crippen LogP contribution in [0.25, 0.3) is 0 Å². The molecule has 1 unspecified atom stereocenters. The van der Waals surface area contributed by atoms with E-state index < -0.39 is 10.2 Å². The second-order valence-electron chi connectivity index (χ2n) is 7.68. The molecule has 0 saturated heterocycles. The van der Waals surface area contributed by atoms with Gasteiger partial charge in [-0.15, -0.1) is 4.40 Å². The van der Waals surface area contributed by atoms with Crippen LogP contribution in [-0.4, -0.2) is 45.2 Å². The van der Waals surface area contributed by atoms with Crippen LogP contribution in [0.3, 0.4) is 0 Å². The Hall–Kier alpha value is -3.36. The van der Waals surface area contributed by atoms with Crippen LogP contribution in [0.5, 0.6) is 0 Å². The molecule has 0 radical (unpaired) electrons. The molecule has 0 saturated carbocycles. The Kier molecular flexibility index (Phi) is 7.19. The number of benzene rings is 3. The van der Waals surface area contributed by atoms with Crippen LogP contribution in [0.4, 0.5) is 5.69 Å². The maximum Gasteiger partial charge on any atom is 0.348 e. The van der Waals surface area contributed by atoms with Crippen molar-refractivity contribution in [3.63, 3.8) is 0 Å². The van der Waals surface area contributed by atoms with Gasteiger partial charge in [0.15, 0.2) is 0 Å². The van der Waals surface area contributed by atoms with Crippen LogP contribution in [-0.2, 0) is 10.2 Å². The van der Waals surface area contributed by atoms with E-state index in [2.05, 4.69) is 9.71 Å². The third-order valence-electron chi connectivity index (χ3n) is 5.54. The highest BCUT2D eigenvalue weighted by molar-refractivity contribution is 7.91. The summed E-state index contributed by atoms with van der Waals surface area (Å²) in [6, 6.07) is 26.4. The molecule has 1 aliphatic rings. The van der Waals surface area contributed by atoms with Crippen molar-refractivity contribution >= 4 is 39.2 Å². The highest BCUT2D eigenvalue weighted by Crippen LogP contribution is 2.29. The van der Waals surface area contributed by atoms with E-state index in [-0.39, 0.29) is 18.4 Å². The van der Waals surface area contributed by atoms with Crippen molar-refractivity contribution in [2.75, 3.05) is 24.4 Å². The van der Waals surface area contributed by atoms with Gasteiger partial charge in [-0.05, 0) is 42.3 Å². The summed E-state index contributed by atoms with van der Waals surface area (Å²) in [6.07, 6.45) is 0. The monoisotopic (exact) mass is 495 g/mol. The maximum atomic E-state index is 13.2. The molecule has 7 nitrogen and oxygen atoms in total. The van der Waals surface area contributed by atoms with Gasteiger partial charge in [0, 0.05) is 24.5 Å². The lowest BCUT2D eigenvalue weighted by molar-refractivity contribution is 0.460. The molecule has 1 heterocycles. The van der Waals surface area contributed by atoms with Gasteiger partial charge in [-0.3, -0.25) is 4.31 Å². The van der Waals surface area contributed by atoms with E-state index in [9.17, 15) is 8.42 Å². The predicted molar refractivity (Wildman–Crippen MR) is 139 cm³/mol. The third kappa shape index (κ3) is 5.08. The summed E-state index contributed by atoms with van der Waals surface area (Å²) < 4.78 is 31.9. The second kappa shape index (κ2) is 10.3. The first-order valence-electron chi connectivity index (χ1n) is 10.9. The normalized spacial score (nSPS) is 16.3. The van der Waals surface area contributed by atoms with E-state index in [0.717, 1.165) is 16.8 Å². The van der Waals surface area contributed by atoms with Crippen molar-refractivity contribution in [2.45, 2.75) is 12.8 Å². The van der Waals surface area contributed by atoms with Gasteiger partial charge in [0.25, 0.3) is 0 Å². The first-order valence-corrected chi connectivity index (χ1v) is 12.7. The zero-order valence-corrected chi connectivity index (χ0v) is 20.5. The molecule has 176 valence electrons. The fourth-order valence-electron chi connectivity index (χ4n) is 3.92. The van der Waals surface area contributed by atoms with Crippen LogP contribution in [0.15, 0.2) is 94.4 Å². The molecular weight excluding hydrogens is 470 g/mol. The molecule has 1 aliphatic heterocycles. The zero-order valence-electron chi connectivity index (χ0n) is 19.0. The SMILES string of the molecule is CCN(c1ccccc1)S(=O)(=O)/N=C(\NC)N1CC(c2ccccc2)C(c2ccc(Cl)cc2)=N1. The standard InChI is InChI=1S/C25H26ClN5O2S/c1-3-31(22-12-8-5-9-13-22)34(32,33)29-25(27-2)30-18-23(19-10-6-4-7-11-19)24(28-30)20-14-16-21(26)17-15-20/h4-17,23H,3,18H2,1-2H3,(H,27,29). The van der Waals surface area contributed by atoms with E-state index in [1.807, 2.05) is 60.7 Å². The molecule has 3 aromatic carbocycles. The average Bonchev–Trinajstić information content (AvgIpc) is 3.30. The number of hydrogen-bond acceptors (Lipinski definition) is 3. The second-order valence-corrected chi connectivity index (χ2v) is 9.64. The number of nitrogens with zero attached hydrogens (tertiary/aromatic N) is 4. The number of rotatable bonds is 6. The maximum absolute atomic E-state index is 13.2. The summed E-state index contributed by atoms with van der Waals surface area (Å²) in [5.74, 6) is 0.0827. The number of hydrazone groups is 1. The molecule has 9 heteroatoms. The fourth-order valence-corrected chi connectivity index (χ4v) is 5.26. The molecule has 0 aromatic heterocycles. The molecule has 4 rings (SSSR count). The fraction of sp³-hybridized carbons (Fsp3) is 0.200. The van der Waals surface area contributed by atoms with E-state index in [0.29, 0.717) is 17.3 Å². The van der Waals surface area contributed by atoms with Gasteiger partial charge in [-0.1, -0.05) is 72.3 Å². The lowest BCUT2D eigenvalue weighted by atomic mass is 9.91. The Bertz CT molecular complexity index is 1280. The van der Waals surface area contributed by atoms with E-state index in [1.165, 1.54) is 4.31 Å². The minimum Gasteiger partial charge on any atom is -0.357 e. The molecule has 0 aliphatic carbocycles. The number of guanidine groups is 1. The molecule has 1 atom stereocenters. The van der Waals surface area contributed by atoms with Gasteiger partial charge in [0.05, 0.1) is 17.9 Å². The smallest absolute Gasteiger partial charge is 0.348 e. The van der Waals surface area contributed by atoms with Crippen LogP contribution in [0, 0.1) is 0 Å². The van der Waals surface area contributed by atoms with Gasteiger partial charge >= 0.3 is 10.2 Å². The molecule has 3 aromatic rings. The molecule has 0 spiro atoms. The Morgan fingerprint density at radius 2 is 1.68 bits per heavy atom. The first kappa shape index (κ1) is 23.8. The topological polar surface area (TPSA) is 77.4 Å². The zero-order chi connectivity index (χ0) is 24.1. The van der Waals surface area contributed by atoms with E-state index in [4.69, 9.17) is 16.7 Å². The van der Waals surface area contributed by atoms with E-state index >= 15 is 0 Å². The number of para-hydroxylation sites is 1. The summed E-state index contributed by atoms with van der Waals surface area (Å²) in [6.45, 7) is 2.46. The van der Waals surface area contributed by atoms with Gasteiger partial charge in [0.2, 0.25) is 5.96 Å². The van der Waals surface area contributed by atoms with Crippen LogP contribution in [0.2, 0.25) is 5.02 Å². The Morgan fingerprint density at radius 3 is 2.26 bits per heavy atom. The van der Waals surface area contributed by atoms with Gasteiger partial charge in [-0.25, -0.2) is 5.01 Å². The third-order valence-corrected chi connectivity index (χ3v) is 7.22. The predicted octanol–water partition coefficient (Wildman–Crippen LogP) is 4.49. The summed E-state index contributed by atoms with van der Waals surface area (Å²) in [4.78, 5) is 0. The average molecular weight is 496 g/mol. The molecular formula is C25H26ClN5O2S. The Labute approximate surface area is 205 Å². The molecule has 1 N–H and O–H groups in total. The highest BCUT2D eigenvalue weighted by Gasteiger charge is 2.32. The Morgan fingerprint density at radius 1 is 1.06 bits per heavy atom. The van der Waals surface area contributed by atoms with Gasteiger partial charge < -0.3 is 5.32 Å². The number of hydrogen-bond donors (Lipinski definition) is 1. The molecule has 0 bridgehead atoms. The number of halogens is 1. The minimum absolute atomic E-state index is 0.0694. The summed E-state index contributed by atoms with van der Waals surface area (Å²) >= 11 is 6.09.